The van der Waals surface area contributed by atoms with Gasteiger partial charge in [-0.3, -0.25) is 4.57 Å². The van der Waals surface area contributed by atoms with Crippen LogP contribution in [0.2, 0.25) is 0 Å². The Balaban J connectivity index is 1.77. The molecule has 0 fully saturated rings. The van der Waals surface area contributed by atoms with Gasteiger partial charge in [-0.05, 0) is 29.5 Å². The monoisotopic (exact) mass is 343 g/mol. The first kappa shape index (κ1) is 14.3. The van der Waals surface area contributed by atoms with Gasteiger partial charge in [0.05, 0.1) is 16.0 Å². The number of rotatable bonds is 4. The molecule has 4 aromatic rings. The third-order valence-electron chi connectivity index (χ3n) is 3.34. The van der Waals surface area contributed by atoms with Crippen molar-refractivity contribution in [2.24, 2.45) is 7.05 Å². The summed E-state index contributed by atoms with van der Waals surface area (Å²) in [4.78, 5) is 10.3. The Morgan fingerprint density at radius 2 is 2.13 bits per heavy atom. The van der Waals surface area contributed by atoms with E-state index < -0.39 is 0 Å². The van der Waals surface area contributed by atoms with Gasteiger partial charge in [-0.2, -0.15) is 0 Å². The summed E-state index contributed by atoms with van der Waals surface area (Å²) >= 11 is 3.37. The van der Waals surface area contributed by atoms with E-state index in [1.807, 2.05) is 49.0 Å². The molecule has 0 N–H and O–H groups in total. The first-order valence-electron chi connectivity index (χ1n) is 6.96. The van der Waals surface area contributed by atoms with Gasteiger partial charge in [0.15, 0.2) is 5.16 Å². The molecule has 0 aliphatic carbocycles. The van der Waals surface area contributed by atoms with Crippen LogP contribution in [0.25, 0.3) is 17.0 Å². The van der Waals surface area contributed by atoms with Crippen molar-refractivity contribution in [3.05, 3.63) is 40.3 Å². The number of hydrogen-bond acceptors (Lipinski definition) is 7. The number of hydrogen-bond donors (Lipinski definition) is 0. The quantitative estimate of drug-likeness (QED) is 0.530. The number of aromatic nitrogens is 7. The fourth-order valence-corrected chi connectivity index (χ4v) is 4.14. The highest BCUT2D eigenvalue weighted by Gasteiger charge is 2.17. The molecule has 4 rings (SSSR count). The van der Waals surface area contributed by atoms with Crippen LogP contribution in [-0.4, -0.2) is 34.7 Å². The lowest BCUT2D eigenvalue weighted by Crippen LogP contribution is -2.05. The van der Waals surface area contributed by atoms with Gasteiger partial charge in [0.2, 0.25) is 0 Å². The number of aryl methyl sites for hydroxylation is 2. The minimum absolute atomic E-state index is 0.654. The molecule has 0 saturated carbocycles. The maximum Gasteiger partial charge on any atom is 0.256 e. The van der Waals surface area contributed by atoms with Gasteiger partial charge < -0.3 is 0 Å². The summed E-state index contributed by atoms with van der Waals surface area (Å²) in [6.07, 6.45) is 1.92. The predicted molar refractivity (Wildman–Crippen MR) is 89.8 cm³/mol. The van der Waals surface area contributed by atoms with E-state index >= 15 is 0 Å². The third-order valence-corrected chi connectivity index (χ3v) is 5.42. The Labute approximate surface area is 140 Å². The van der Waals surface area contributed by atoms with Gasteiger partial charge in [-0.1, -0.05) is 29.0 Å². The molecule has 0 unspecified atom stereocenters. The maximum absolute atomic E-state index is 4.73. The van der Waals surface area contributed by atoms with Crippen LogP contribution in [-0.2, 0) is 12.8 Å². The second-order valence-electron chi connectivity index (χ2n) is 4.96. The summed E-state index contributed by atoms with van der Waals surface area (Å²) in [6.45, 7) is 2.01. The predicted octanol–water partition coefficient (Wildman–Crippen LogP) is 2.61. The molecule has 7 nitrogen and oxygen atoms in total. The van der Waals surface area contributed by atoms with Crippen LogP contribution in [0.15, 0.2) is 35.6 Å². The molecule has 0 aliphatic rings. The van der Waals surface area contributed by atoms with Gasteiger partial charge in [0.1, 0.15) is 0 Å². The molecule has 0 radical (unpaired) electrons. The van der Waals surface area contributed by atoms with Crippen LogP contribution < -0.4 is 0 Å². The number of tetrazole rings is 1. The maximum atomic E-state index is 4.73. The summed E-state index contributed by atoms with van der Waals surface area (Å²) < 4.78 is 3.64. The number of imidazole rings is 1. The summed E-state index contributed by atoms with van der Waals surface area (Å²) in [5, 5.41) is 13.8. The number of nitrogens with zero attached hydrogens (tertiary/aromatic N) is 7. The highest BCUT2D eigenvalue weighted by Crippen LogP contribution is 2.30. The molecular formula is C14H13N7S2. The number of fused-ring (bicyclic) bond motifs is 1. The second-order valence-corrected chi connectivity index (χ2v) is 7.22. The summed E-state index contributed by atoms with van der Waals surface area (Å²) in [5.41, 5.74) is 1.92. The van der Waals surface area contributed by atoms with E-state index in [-0.39, 0.29) is 0 Å². The van der Waals surface area contributed by atoms with Crippen LogP contribution in [0.4, 0.5) is 0 Å². The van der Waals surface area contributed by atoms with Gasteiger partial charge in [0, 0.05) is 23.9 Å². The highest BCUT2D eigenvalue weighted by atomic mass is 32.2. The summed E-state index contributed by atoms with van der Waals surface area (Å²) in [6, 6.07) is 8.00. The first-order chi connectivity index (χ1) is 11.2. The van der Waals surface area contributed by atoms with E-state index in [2.05, 4.69) is 20.5 Å². The van der Waals surface area contributed by atoms with E-state index in [0.29, 0.717) is 5.95 Å². The molecule has 0 aliphatic heterocycles. The van der Waals surface area contributed by atoms with E-state index in [0.717, 1.165) is 27.0 Å². The van der Waals surface area contributed by atoms with E-state index in [9.17, 15) is 0 Å². The van der Waals surface area contributed by atoms with Crippen LogP contribution in [0, 0.1) is 6.92 Å². The highest BCUT2D eigenvalue weighted by molar-refractivity contribution is 7.98. The molecule has 116 valence electrons. The SMILES string of the molecule is Cc1ncc(CSc2nc3ccccc3n2-c2nnnn2C)s1. The van der Waals surface area contributed by atoms with Crippen molar-refractivity contribution in [2.45, 2.75) is 17.8 Å². The number of benzene rings is 1. The Bertz CT molecular complexity index is 968. The molecule has 9 heteroatoms. The van der Waals surface area contributed by atoms with Crippen molar-refractivity contribution in [1.29, 1.82) is 0 Å². The lowest BCUT2D eigenvalue weighted by Gasteiger charge is -2.05. The molecule has 0 bridgehead atoms. The van der Waals surface area contributed by atoms with Crippen LogP contribution in [0.3, 0.4) is 0 Å². The van der Waals surface area contributed by atoms with Crippen LogP contribution in [0.5, 0.6) is 0 Å². The van der Waals surface area contributed by atoms with Crippen molar-refractivity contribution in [2.75, 3.05) is 0 Å². The summed E-state index contributed by atoms with van der Waals surface area (Å²) in [5.74, 6) is 1.47. The van der Waals surface area contributed by atoms with Gasteiger partial charge in [-0.15, -0.1) is 11.3 Å². The largest absolute Gasteiger partial charge is 0.256 e. The minimum Gasteiger partial charge on any atom is -0.254 e. The third kappa shape index (κ3) is 2.62. The number of para-hydroxylation sites is 2. The Hall–Kier alpha value is -2.26. The fourth-order valence-electron chi connectivity index (χ4n) is 2.32. The lowest BCUT2D eigenvalue weighted by atomic mass is 10.3. The minimum atomic E-state index is 0.654. The van der Waals surface area contributed by atoms with Crippen molar-refractivity contribution < 1.29 is 0 Å². The normalized spacial score (nSPS) is 11.4. The topological polar surface area (TPSA) is 74.3 Å². The van der Waals surface area contributed by atoms with Crippen LogP contribution >= 0.6 is 23.1 Å². The van der Waals surface area contributed by atoms with Gasteiger partial charge in [-0.25, -0.2) is 14.6 Å². The number of thiazole rings is 1. The fraction of sp³-hybridized carbons (Fsp3) is 0.214. The number of thioether (sulfide) groups is 1. The lowest BCUT2D eigenvalue weighted by molar-refractivity contribution is 0.682. The molecule has 3 heterocycles. The Morgan fingerprint density at radius 1 is 1.26 bits per heavy atom. The standard InChI is InChI=1S/C14H13N7S2/c1-9-15-7-10(23-9)8-22-14-16-11-5-3-4-6-12(11)21(14)13-17-18-19-20(13)2/h3-7H,8H2,1-2H3. The molecule has 3 aromatic heterocycles. The zero-order chi connectivity index (χ0) is 15.8. The molecule has 0 amide bonds. The molecule has 23 heavy (non-hydrogen) atoms. The van der Waals surface area contributed by atoms with E-state index in [1.54, 1.807) is 27.8 Å². The van der Waals surface area contributed by atoms with Crippen molar-refractivity contribution >= 4 is 34.1 Å². The van der Waals surface area contributed by atoms with Gasteiger partial charge >= 0.3 is 0 Å². The average molecular weight is 343 g/mol. The zero-order valence-electron chi connectivity index (χ0n) is 12.5. The molecule has 0 saturated heterocycles. The van der Waals surface area contributed by atoms with Crippen LogP contribution in [0.1, 0.15) is 9.88 Å². The average Bonchev–Trinajstić information content (AvgIpc) is 3.23. The molecule has 1 aromatic carbocycles. The van der Waals surface area contributed by atoms with Crippen molar-refractivity contribution in [1.82, 2.24) is 34.7 Å². The molecular weight excluding hydrogens is 330 g/mol. The first-order valence-corrected chi connectivity index (χ1v) is 8.77. The van der Waals surface area contributed by atoms with Crippen molar-refractivity contribution in [3.63, 3.8) is 0 Å². The van der Waals surface area contributed by atoms with E-state index in [4.69, 9.17) is 4.98 Å². The molecule has 0 atom stereocenters. The molecule has 0 spiro atoms. The summed E-state index contributed by atoms with van der Waals surface area (Å²) in [7, 11) is 1.82. The Kier molecular flexibility index (Phi) is 3.58. The smallest absolute Gasteiger partial charge is 0.254 e. The van der Waals surface area contributed by atoms with E-state index in [1.165, 1.54) is 4.88 Å². The Morgan fingerprint density at radius 3 is 2.87 bits per heavy atom. The van der Waals surface area contributed by atoms with Gasteiger partial charge in [0.25, 0.3) is 5.95 Å². The van der Waals surface area contributed by atoms with Crippen molar-refractivity contribution in [3.8, 4) is 5.95 Å². The zero-order valence-corrected chi connectivity index (χ0v) is 14.2. The second kappa shape index (κ2) is 5.74.